The van der Waals surface area contributed by atoms with Gasteiger partial charge in [-0.2, -0.15) is 5.10 Å². The van der Waals surface area contributed by atoms with E-state index in [-0.39, 0.29) is 16.8 Å². The van der Waals surface area contributed by atoms with Gasteiger partial charge < -0.3 is 20.4 Å². The molecule has 0 radical (unpaired) electrons. The first-order valence-corrected chi connectivity index (χ1v) is 10.3. The van der Waals surface area contributed by atoms with Crippen molar-refractivity contribution in [1.82, 2.24) is 15.1 Å². The number of aromatic nitrogens is 2. The summed E-state index contributed by atoms with van der Waals surface area (Å²) in [6, 6.07) is 19.3. The van der Waals surface area contributed by atoms with Crippen LogP contribution in [0.3, 0.4) is 0 Å². The van der Waals surface area contributed by atoms with Crippen molar-refractivity contribution in [3.8, 4) is 5.69 Å². The number of carbonyl (C=O) groups is 2. The number of anilines is 2. The SMILES string of the molecule is O=C(NCCc1ccn(-c2ccccc2)n1)Nc1ccc(NC(=O)c2ccco2)c(Cl)c1. The summed E-state index contributed by atoms with van der Waals surface area (Å²) in [4.78, 5) is 24.2. The Bertz CT molecular complexity index is 1210. The second-order valence-electron chi connectivity index (χ2n) is 6.84. The molecule has 4 rings (SSSR count). The molecule has 0 spiro atoms. The van der Waals surface area contributed by atoms with Crippen molar-refractivity contribution in [3.63, 3.8) is 0 Å². The van der Waals surface area contributed by atoms with Crippen LogP contribution in [0.5, 0.6) is 0 Å². The molecule has 8 nitrogen and oxygen atoms in total. The van der Waals surface area contributed by atoms with Crippen LogP contribution in [0.4, 0.5) is 16.2 Å². The lowest BCUT2D eigenvalue weighted by Gasteiger charge is -2.10. The van der Waals surface area contributed by atoms with Crippen molar-refractivity contribution in [2.45, 2.75) is 6.42 Å². The number of hydrogen-bond acceptors (Lipinski definition) is 4. The van der Waals surface area contributed by atoms with E-state index in [4.69, 9.17) is 16.0 Å². The predicted octanol–water partition coefficient (Wildman–Crippen LogP) is 4.74. The van der Waals surface area contributed by atoms with E-state index < -0.39 is 5.91 Å². The number of nitrogens with zero attached hydrogens (tertiary/aromatic N) is 2. The maximum atomic E-state index is 12.2. The monoisotopic (exact) mass is 449 g/mol. The summed E-state index contributed by atoms with van der Waals surface area (Å²) in [5.74, 6) is -0.235. The van der Waals surface area contributed by atoms with E-state index in [9.17, 15) is 9.59 Å². The molecule has 9 heteroatoms. The Balaban J connectivity index is 1.26. The van der Waals surface area contributed by atoms with Crippen molar-refractivity contribution < 1.29 is 14.0 Å². The molecule has 3 amide bonds. The van der Waals surface area contributed by atoms with Crippen molar-refractivity contribution in [1.29, 1.82) is 0 Å². The van der Waals surface area contributed by atoms with Gasteiger partial charge >= 0.3 is 6.03 Å². The van der Waals surface area contributed by atoms with E-state index in [1.54, 1.807) is 35.0 Å². The molecule has 0 bridgehead atoms. The standard InChI is InChI=1S/C23H20ClN5O3/c24-19-15-17(8-9-20(19)27-22(30)21-7-4-14-32-21)26-23(31)25-12-10-16-11-13-29(28-16)18-5-2-1-3-6-18/h1-9,11,13-15H,10,12H2,(H,27,30)(H2,25,26,31). The van der Waals surface area contributed by atoms with Crippen LogP contribution in [0.25, 0.3) is 5.69 Å². The van der Waals surface area contributed by atoms with Crippen LogP contribution < -0.4 is 16.0 Å². The highest BCUT2D eigenvalue weighted by Crippen LogP contribution is 2.26. The molecule has 0 unspecified atom stereocenters. The van der Waals surface area contributed by atoms with Gasteiger partial charge in [0.2, 0.25) is 0 Å². The first-order valence-electron chi connectivity index (χ1n) is 9.88. The highest BCUT2D eigenvalue weighted by Gasteiger charge is 2.12. The van der Waals surface area contributed by atoms with E-state index >= 15 is 0 Å². The lowest BCUT2D eigenvalue weighted by molar-refractivity contribution is 0.0996. The lowest BCUT2D eigenvalue weighted by Crippen LogP contribution is -2.30. The van der Waals surface area contributed by atoms with Crippen LogP contribution >= 0.6 is 11.6 Å². The van der Waals surface area contributed by atoms with Crippen LogP contribution in [0.15, 0.2) is 83.6 Å². The van der Waals surface area contributed by atoms with Crippen LogP contribution in [-0.2, 0) is 6.42 Å². The number of carbonyl (C=O) groups excluding carboxylic acids is 2. The zero-order valence-corrected chi connectivity index (χ0v) is 17.7. The number of nitrogens with one attached hydrogen (secondary N) is 3. The number of hydrogen-bond donors (Lipinski definition) is 3. The Kier molecular flexibility index (Phi) is 6.52. The summed E-state index contributed by atoms with van der Waals surface area (Å²) in [6.45, 7) is 0.419. The minimum atomic E-state index is -0.412. The number of amides is 3. The third-order valence-electron chi connectivity index (χ3n) is 4.55. The summed E-state index contributed by atoms with van der Waals surface area (Å²) in [5.41, 5.74) is 2.75. The number of furan rings is 1. The second-order valence-corrected chi connectivity index (χ2v) is 7.25. The van der Waals surface area contributed by atoms with Gasteiger partial charge in [-0.15, -0.1) is 0 Å². The van der Waals surface area contributed by atoms with Crippen LogP contribution in [-0.4, -0.2) is 28.3 Å². The van der Waals surface area contributed by atoms with E-state index in [1.807, 2.05) is 42.6 Å². The predicted molar refractivity (Wildman–Crippen MR) is 122 cm³/mol. The first kappa shape index (κ1) is 21.2. The molecule has 3 N–H and O–H groups in total. The lowest BCUT2D eigenvalue weighted by atomic mass is 10.2. The molecular formula is C23H20ClN5O3. The quantitative estimate of drug-likeness (QED) is 0.379. The molecule has 2 aromatic carbocycles. The highest BCUT2D eigenvalue weighted by molar-refractivity contribution is 6.34. The Morgan fingerprint density at radius 1 is 1.00 bits per heavy atom. The number of para-hydroxylation sites is 1. The van der Waals surface area contributed by atoms with E-state index in [1.165, 1.54) is 6.26 Å². The van der Waals surface area contributed by atoms with Crippen LogP contribution in [0, 0.1) is 0 Å². The summed E-state index contributed by atoms with van der Waals surface area (Å²) < 4.78 is 6.85. The molecule has 0 fully saturated rings. The van der Waals surface area contributed by atoms with Gasteiger partial charge in [-0.3, -0.25) is 4.79 Å². The van der Waals surface area contributed by atoms with Gasteiger partial charge in [-0.25, -0.2) is 9.48 Å². The van der Waals surface area contributed by atoms with Gasteiger partial charge in [0, 0.05) is 24.8 Å². The summed E-state index contributed by atoms with van der Waals surface area (Å²) in [6.07, 6.45) is 3.89. The topological polar surface area (TPSA) is 101 Å². The maximum absolute atomic E-state index is 12.2. The van der Waals surface area contributed by atoms with Crippen molar-refractivity contribution >= 4 is 34.9 Å². The molecule has 162 valence electrons. The molecule has 0 aliphatic heterocycles. The third kappa shape index (κ3) is 5.35. The van der Waals surface area contributed by atoms with E-state index in [0.717, 1.165) is 11.4 Å². The molecule has 4 aromatic rings. The fourth-order valence-electron chi connectivity index (χ4n) is 2.98. The molecule has 0 aliphatic rings. The number of benzene rings is 2. The molecule has 2 aromatic heterocycles. The minimum Gasteiger partial charge on any atom is -0.459 e. The maximum Gasteiger partial charge on any atom is 0.319 e. The molecule has 0 saturated carbocycles. The minimum absolute atomic E-state index is 0.177. The Labute approximate surface area is 189 Å². The largest absolute Gasteiger partial charge is 0.459 e. The molecular weight excluding hydrogens is 430 g/mol. The Hall–Kier alpha value is -4.04. The molecule has 2 heterocycles. The van der Waals surface area contributed by atoms with Gasteiger partial charge in [-0.05, 0) is 48.5 Å². The average molecular weight is 450 g/mol. The zero-order valence-electron chi connectivity index (χ0n) is 16.9. The Morgan fingerprint density at radius 2 is 1.84 bits per heavy atom. The number of halogens is 1. The first-order chi connectivity index (χ1) is 15.6. The van der Waals surface area contributed by atoms with E-state index in [2.05, 4.69) is 21.0 Å². The smallest absolute Gasteiger partial charge is 0.319 e. The molecule has 0 aliphatic carbocycles. The van der Waals surface area contributed by atoms with Crippen molar-refractivity contribution in [3.05, 3.63) is 95.7 Å². The summed E-state index contributed by atoms with van der Waals surface area (Å²) in [5, 5.41) is 13.0. The second kappa shape index (κ2) is 9.84. The number of rotatable bonds is 7. The van der Waals surface area contributed by atoms with Crippen molar-refractivity contribution in [2.24, 2.45) is 0 Å². The molecule has 0 atom stereocenters. The van der Waals surface area contributed by atoms with Gasteiger partial charge in [0.15, 0.2) is 5.76 Å². The van der Waals surface area contributed by atoms with Gasteiger partial charge in [0.05, 0.1) is 28.4 Å². The van der Waals surface area contributed by atoms with Gasteiger partial charge in [0.1, 0.15) is 0 Å². The molecule has 0 saturated heterocycles. The van der Waals surface area contributed by atoms with E-state index in [0.29, 0.717) is 24.3 Å². The highest BCUT2D eigenvalue weighted by atomic mass is 35.5. The fourth-order valence-corrected chi connectivity index (χ4v) is 3.21. The summed E-state index contributed by atoms with van der Waals surface area (Å²) in [7, 11) is 0. The van der Waals surface area contributed by atoms with Crippen LogP contribution in [0.2, 0.25) is 5.02 Å². The fraction of sp³-hybridized carbons (Fsp3) is 0.0870. The number of urea groups is 1. The third-order valence-corrected chi connectivity index (χ3v) is 4.86. The Morgan fingerprint density at radius 3 is 2.59 bits per heavy atom. The van der Waals surface area contributed by atoms with Gasteiger partial charge in [0.25, 0.3) is 5.91 Å². The average Bonchev–Trinajstić information content (AvgIpc) is 3.49. The zero-order chi connectivity index (χ0) is 22.3. The summed E-state index contributed by atoms with van der Waals surface area (Å²) >= 11 is 6.23. The molecule has 32 heavy (non-hydrogen) atoms. The normalized spacial score (nSPS) is 10.5. The van der Waals surface area contributed by atoms with Crippen LogP contribution in [0.1, 0.15) is 16.2 Å². The van der Waals surface area contributed by atoms with Crippen molar-refractivity contribution in [2.75, 3.05) is 17.2 Å². The van der Waals surface area contributed by atoms with Gasteiger partial charge in [-0.1, -0.05) is 29.8 Å².